The molecule has 1 aromatic rings. The van der Waals surface area contributed by atoms with E-state index in [0.29, 0.717) is 37.7 Å². The molecular formula is C20H31N3O3. The van der Waals surface area contributed by atoms with Gasteiger partial charge in [-0.15, -0.1) is 0 Å². The van der Waals surface area contributed by atoms with Crippen LogP contribution in [0.25, 0.3) is 0 Å². The minimum absolute atomic E-state index is 0.0221. The molecule has 0 spiro atoms. The number of likely N-dealkylation sites (tertiary alicyclic amines) is 1. The Morgan fingerprint density at radius 1 is 1.27 bits per heavy atom. The van der Waals surface area contributed by atoms with Crippen molar-refractivity contribution in [1.29, 1.82) is 0 Å². The highest BCUT2D eigenvalue weighted by Gasteiger charge is 2.27. The Morgan fingerprint density at radius 2 is 2.00 bits per heavy atom. The maximum absolute atomic E-state index is 12.6. The highest BCUT2D eigenvalue weighted by Crippen LogP contribution is 2.20. The van der Waals surface area contributed by atoms with Gasteiger partial charge in [-0.1, -0.05) is 26.0 Å². The second kappa shape index (κ2) is 10.2. The molecule has 0 aliphatic carbocycles. The lowest BCUT2D eigenvalue weighted by Crippen LogP contribution is -2.50. The minimum atomic E-state index is -0.0630. The molecule has 1 fully saturated rings. The Labute approximate surface area is 156 Å². The predicted octanol–water partition coefficient (Wildman–Crippen LogP) is 2.03. The maximum Gasteiger partial charge on any atom is 0.260 e. The molecule has 6 nitrogen and oxygen atoms in total. The first-order chi connectivity index (χ1) is 12.5. The zero-order chi connectivity index (χ0) is 18.9. The van der Waals surface area contributed by atoms with Crippen molar-refractivity contribution in [2.24, 2.45) is 5.73 Å². The van der Waals surface area contributed by atoms with Crippen LogP contribution < -0.4 is 15.8 Å². The number of nitrogens with zero attached hydrogens (tertiary/aromatic N) is 1. The summed E-state index contributed by atoms with van der Waals surface area (Å²) in [6.07, 6.45) is 3.27. The highest BCUT2D eigenvalue weighted by atomic mass is 16.5. The molecule has 0 aromatic heterocycles. The number of hydrogen-bond donors (Lipinski definition) is 2. The van der Waals surface area contributed by atoms with Gasteiger partial charge in [0.05, 0.1) is 0 Å². The van der Waals surface area contributed by atoms with Crippen LogP contribution >= 0.6 is 0 Å². The molecule has 0 bridgehead atoms. The summed E-state index contributed by atoms with van der Waals surface area (Å²) >= 11 is 0. The average molecular weight is 361 g/mol. The Balaban J connectivity index is 1.86. The summed E-state index contributed by atoms with van der Waals surface area (Å²) in [5.74, 6) is 1.07. The number of ether oxygens (including phenoxy) is 1. The van der Waals surface area contributed by atoms with E-state index in [-0.39, 0.29) is 24.5 Å². The Bertz CT molecular complexity index is 586. The lowest BCUT2D eigenvalue weighted by atomic mass is 10.0. The lowest BCUT2D eigenvalue weighted by molar-refractivity contribution is -0.137. The van der Waals surface area contributed by atoms with Gasteiger partial charge in [0.15, 0.2) is 6.61 Å². The van der Waals surface area contributed by atoms with Gasteiger partial charge >= 0.3 is 0 Å². The highest BCUT2D eigenvalue weighted by molar-refractivity contribution is 5.79. The van der Waals surface area contributed by atoms with Crippen LogP contribution in [0.15, 0.2) is 24.3 Å². The van der Waals surface area contributed by atoms with Crippen molar-refractivity contribution in [3.05, 3.63) is 29.8 Å². The number of carbonyl (C=O) groups is 2. The van der Waals surface area contributed by atoms with E-state index in [0.717, 1.165) is 19.3 Å². The summed E-state index contributed by atoms with van der Waals surface area (Å²) in [7, 11) is 0. The number of rotatable bonds is 8. The van der Waals surface area contributed by atoms with E-state index in [1.165, 1.54) is 5.56 Å². The summed E-state index contributed by atoms with van der Waals surface area (Å²) in [5.41, 5.74) is 6.64. The van der Waals surface area contributed by atoms with Gasteiger partial charge in [-0.25, -0.2) is 0 Å². The molecule has 144 valence electrons. The largest absolute Gasteiger partial charge is 0.484 e. The van der Waals surface area contributed by atoms with Crippen molar-refractivity contribution < 1.29 is 14.3 Å². The molecule has 1 atom stereocenters. The SMILES string of the molecule is CC(C)c1ccc(OCC(=O)N2CCCCC2CNC(=O)CCN)cc1. The summed E-state index contributed by atoms with van der Waals surface area (Å²) in [5, 5.41) is 2.88. The molecule has 1 saturated heterocycles. The molecule has 1 aliphatic heterocycles. The molecule has 3 N–H and O–H groups in total. The van der Waals surface area contributed by atoms with Gasteiger partial charge < -0.3 is 20.7 Å². The number of nitrogens with two attached hydrogens (primary N) is 1. The summed E-state index contributed by atoms with van der Waals surface area (Å²) in [4.78, 5) is 26.1. The molecule has 1 aromatic carbocycles. The van der Waals surface area contributed by atoms with Crippen molar-refractivity contribution in [3.8, 4) is 5.75 Å². The Kier molecular flexibility index (Phi) is 7.91. The quantitative estimate of drug-likeness (QED) is 0.742. The number of hydrogen-bond acceptors (Lipinski definition) is 4. The van der Waals surface area contributed by atoms with Crippen molar-refractivity contribution in [3.63, 3.8) is 0 Å². The van der Waals surface area contributed by atoms with Crippen LogP contribution in [0.1, 0.15) is 51.0 Å². The summed E-state index contributed by atoms with van der Waals surface area (Å²) < 4.78 is 5.67. The van der Waals surface area contributed by atoms with Gasteiger partial charge in [0.25, 0.3) is 5.91 Å². The maximum atomic E-state index is 12.6. The van der Waals surface area contributed by atoms with E-state index in [1.54, 1.807) is 0 Å². The molecule has 0 saturated carbocycles. The molecule has 1 unspecified atom stereocenters. The van der Waals surface area contributed by atoms with Gasteiger partial charge in [-0.3, -0.25) is 9.59 Å². The van der Waals surface area contributed by atoms with Gasteiger partial charge in [-0.05, 0) is 42.9 Å². The van der Waals surface area contributed by atoms with Gasteiger partial charge in [0.1, 0.15) is 5.75 Å². The van der Waals surface area contributed by atoms with Crippen LogP contribution in [0.3, 0.4) is 0 Å². The van der Waals surface area contributed by atoms with Gasteiger partial charge in [-0.2, -0.15) is 0 Å². The third kappa shape index (κ3) is 6.02. The smallest absolute Gasteiger partial charge is 0.260 e. The van der Waals surface area contributed by atoms with Crippen molar-refractivity contribution in [2.75, 3.05) is 26.2 Å². The van der Waals surface area contributed by atoms with Crippen molar-refractivity contribution >= 4 is 11.8 Å². The van der Waals surface area contributed by atoms with Crippen LogP contribution in [0.4, 0.5) is 0 Å². The number of carbonyl (C=O) groups excluding carboxylic acids is 2. The molecular weight excluding hydrogens is 330 g/mol. The van der Waals surface area contributed by atoms with Crippen LogP contribution in [-0.4, -0.2) is 49.0 Å². The summed E-state index contributed by atoms with van der Waals surface area (Å²) in [6.45, 7) is 5.83. The summed E-state index contributed by atoms with van der Waals surface area (Å²) in [6, 6.07) is 7.90. The fraction of sp³-hybridized carbons (Fsp3) is 0.600. The van der Waals surface area contributed by atoms with Crippen molar-refractivity contribution in [1.82, 2.24) is 10.2 Å². The topological polar surface area (TPSA) is 84.7 Å². The molecule has 2 amide bonds. The van der Waals surface area contributed by atoms with Crippen LogP contribution in [-0.2, 0) is 9.59 Å². The lowest BCUT2D eigenvalue weighted by Gasteiger charge is -2.35. The predicted molar refractivity (Wildman–Crippen MR) is 102 cm³/mol. The first-order valence-electron chi connectivity index (χ1n) is 9.50. The second-order valence-electron chi connectivity index (χ2n) is 7.09. The van der Waals surface area contributed by atoms with Crippen molar-refractivity contribution in [2.45, 2.75) is 51.5 Å². The fourth-order valence-electron chi connectivity index (χ4n) is 3.17. The molecule has 1 aliphatic rings. The third-order valence-electron chi connectivity index (χ3n) is 4.76. The van der Waals surface area contributed by atoms with E-state index < -0.39 is 0 Å². The fourth-order valence-corrected chi connectivity index (χ4v) is 3.17. The number of amides is 2. The molecule has 0 radical (unpaired) electrons. The Hall–Kier alpha value is -2.08. The molecule has 26 heavy (non-hydrogen) atoms. The number of nitrogens with one attached hydrogen (secondary N) is 1. The van der Waals surface area contributed by atoms with Crippen LogP contribution in [0.5, 0.6) is 5.75 Å². The zero-order valence-electron chi connectivity index (χ0n) is 15.9. The van der Waals surface area contributed by atoms with E-state index in [4.69, 9.17) is 10.5 Å². The number of benzene rings is 1. The molecule has 2 rings (SSSR count). The standard InChI is InChI=1S/C20H31N3O3/c1-15(2)16-6-8-18(9-7-16)26-14-20(25)23-12-4-3-5-17(23)13-22-19(24)10-11-21/h6-9,15,17H,3-5,10-14,21H2,1-2H3,(H,22,24). The Morgan fingerprint density at radius 3 is 2.65 bits per heavy atom. The minimum Gasteiger partial charge on any atom is -0.484 e. The van der Waals surface area contributed by atoms with Crippen LogP contribution in [0.2, 0.25) is 0 Å². The third-order valence-corrected chi connectivity index (χ3v) is 4.76. The van der Waals surface area contributed by atoms with E-state index in [1.807, 2.05) is 29.2 Å². The van der Waals surface area contributed by atoms with Gasteiger partial charge in [0, 0.05) is 32.1 Å². The van der Waals surface area contributed by atoms with Gasteiger partial charge in [0.2, 0.25) is 5.91 Å². The molecule has 6 heteroatoms. The first kappa shape index (κ1) is 20.2. The van der Waals surface area contributed by atoms with E-state index in [2.05, 4.69) is 19.2 Å². The normalized spacial score (nSPS) is 17.2. The first-order valence-corrected chi connectivity index (χ1v) is 9.50. The molecule has 1 heterocycles. The zero-order valence-corrected chi connectivity index (χ0v) is 15.9. The van der Waals surface area contributed by atoms with E-state index in [9.17, 15) is 9.59 Å². The monoisotopic (exact) mass is 361 g/mol. The van der Waals surface area contributed by atoms with E-state index >= 15 is 0 Å². The van der Waals surface area contributed by atoms with Crippen LogP contribution in [0, 0.1) is 0 Å². The second-order valence-corrected chi connectivity index (χ2v) is 7.09. The average Bonchev–Trinajstić information content (AvgIpc) is 2.65. The number of piperidine rings is 1.